The van der Waals surface area contributed by atoms with Crippen molar-refractivity contribution >= 4 is 17.0 Å². The maximum atomic E-state index is 12.5. The molecule has 142 valence electrons. The molecule has 3 N–H and O–H groups in total. The van der Waals surface area contributed by atoms with E-state index in [0.29, 0.717) is 6.08 Å². The van der Waals surface area contributed by atoms with Gasteiger partial charge in [0.1, 0.15) is 5.70 Å². The topological polar surface area (TPSA) is 62.8 Å². The second kappa shape index (κ2) is 9.38. The van der Waals surface area contributed by atoms with Gasteiger partial charge in [0.25, 0.3) is 0 Å². The Balaban J connectivity index is 2.15. The van der Waals surface area contributed by atoms with E-state index in [0.717, 1.165) is 34.6 Å². The van der Waals surface area contributed by atoms with Crippen molar-refractivity contribution in [3.63, 3.8) is 0 Å². The molecule has 2 aromatic heterocycles. The Hall–Kier alpha value is -2.59. The molecule has 27 heavy (non-hydrogen) atoms. The molecular weight excluding hydrogens is 371 g/mol. The van der Waals surface area contributed by atoms with Crippen LogP contribution in [0.5, 0.6) is 0 Å². The van der Waals surface area contributed by atoms with Crippen molar-refractivity contribution in [1.82, 2.24) is 4.98 Å². The number of thiophene rings is 1. The van der Waals surface area contributed by atoms with Crippen molar-refractivity contribution in [2.45, 2.75) is 38.8 Å². The van der Waals surface area contributed by atoms with Crippen LogP contribution in [0.2, 0.25) is 0 Å². The number of pyridine rings is 1. The van der Waals surface area contributed by atoms with Gasteiger partial charge in [-0.25, -0.2) is 0 Å². The van der Waals surface area contributed by atoms with Crippen LogP contribution in [0.25, 0.3) is 10.4 Å². The lowest BCUT2D eigenvalue weighted by Gasteiger charge is -2.07. The third kappa shape index (κ3) is 6.26. The summed E-state index contributed by atoms with van der Waals surface area (Å²) in [5.41, 5.74) is 4.16. The molecule has 0 spiro atoms. The van der Waals surface area contributed by atoms with Crippen LogP contribution in [0.3, 0.4) is 0 Å². The van der Waals surface area contributed by atoms with Gasteiger partial charge in [-0.1, -0.05) is 31.6 Å². The third-order valence-corrected chi connectivity index (χ3v) is 4.72. The van der Waals surface area contributed by atoms with E-state index in [9.17, 15) is 13.2 Å². The van der Waals surface area contributed by atoms with E-state index in [1.807, 2.05) is 12.1 Å². The highest BCUT2D eigenvalue weighted by molar-refractivity contribution is 7.16. The lowest BCUT2D eigenvalue weighted by atomic mass is 10.1. The summed E-state index contributed by atoms with van der Waals surface area (Å²) in [6, 6.07) is 7.15. The van der Waals surface area contributed by atoms with E-state index in [2.05, 4.69) is 23.7 Å². The van der Waals surface area contributed by atoms with Crippen LogP contribution < -0.4 is 5.73 Å². The first-order valence-corrected chi connectivity index (χ1v) is 9.31. The molecule has 0 unspecified atom stereocenters. The summed E-state index contributed by atoms with van der Waals surface area (Å²) in [5.74, 6) is 6.29. The summed E-state index contributed by atoms with van der Waals surface area (Å²) in [6.45, 7) is 2.15. The molecule has 2 rings (SSSR count). The van der Waals surface area contributed by atoms with Gasteiger partial charge in [-0.2, -0.15) is 13.2 Å². The fourth-order valence-electron chi connectivity index (χ4n) is 2.22. The molecule has 3 nitrogen and oxygen atoms in total. The number of aromatic nitrogens is 1. The minimum Gasteiger partial charge on any atom is -0.395 e. The van der Waals surface area contributed by atoms with Gasteiger partial charge in [0.05, 0.1) is 16.3 Å². The van der Waals surface area contributed by atoms with Gasteiger partial charge in [0, 0.05) is 17.5 Å². The normalized spacial score (nSPS) is 11.8. The second-order valence-electron chi connectivity index (χ2n) is 5.86. The van der Waals surface area contributed by atoms with Gasteiger partial charge in [-0.05, 0) is 42.3 Å². The summed E-state index contributed by atoms with van der Waals surface area (Å²) >= 11 is 1.50. The highest BCUT2D eigenvalue weighted by Crippen LogP contribution is 2.28. The molecule has 0 fully saturated rings. The molecule has 0 bridgehead atoms. The minimum atomic E-state index is -4.66. The van der Waals surface area contributed by atoms with Crippen LogP contribution in [0.1, 0.15) is 43.2 Å². The number of unbranched alkanes of at least 4 members (excludes halogenated alkanes) is 3. The average Bonchev–Trinajstić information content (AvgIpc) is 3.10. The van der Waals surface area contributed by atoms with E-state index in [1.165, 1.54) is 24.0 Å². The Morgan fingerprint density at radius 1 is 1.30 bits per heavy atom. The van der Waals surface area contributed by atoms with Crippen molar-refractivity contribution in [2.24, 2.45) is 5.73 Å². The van der Waals surface area contributed by atoms with Crippen LogP contribution in [-0.4, -0.2) is 16.9 Å². The maximum absolute atomic E-state index is 12.5. The first-order chi connectivity index (χ1) is 12.8. The molecule has 0 atom stereocenters. The number of hydrogen-bond donors (Lipinski definition) is 2. The predicted octanol–water partition coefficient (Wildman–Crippen LogP) is 5.51. The van der Waals surface area contributed by atoms with Gasteiger partial charge in [0.2, 0.25) is 0 Å². The van der Waals surface area contributed by atoms with E-state index < -0.39 is 11.9 Å². The molecule has 0 aliphatic rings. The number of allylic oxidation sites excluding steroid dienone is 2. The Bertz CT molecular complexity index is 886. The average molecular weight is 391 g/mol. The van der Waals surface area contributed by atoms with E-state index in [1.54, 1.807) is 12.1 Å². The van der Waals surface area contributed by atoms with Crippen LogP contribution in [0.4, 0.5) is 13.2 Å². The summed E-state index contributed by atoms with van der Waals surface area (Å²) in [7, 11) is 0. The predicted molar refractivity (Wildman–Crippen MR) is 104 cm³/mol. The Morgan fingerprint density at radius 2 is 2.07 bits per heavy atom. The maximum Gasteiger partial charge on any atom is 0.430 e. The lowest BCUT2D eigenvalue weighted by Crippen LogP contribution is -2.20. The summed E-state index contributed by atoms with van der Waals surface area (Å²) in [6.07, 6.45) is 1.66. The molecule has 7 heteroatoms. The molecule has 2 heterocycles. The van der Waals surface area contributed by atoms with Crippen molar-refractivity contribution in [3.05, 3.63) is 52.8 Å². The molecule has 0 amide bonds. The van der Waals surface area contributed by atoms with Crippen molar-refractivity contribution in [3.8, 4) is 22.3 Å². The summed E-state index contributed by atoms with van der Waals surface area (Å²) in [5, 5.41) is 7.81. The Morgan fingerprint density at radius 3 is 2.78 bits per heavy atom. The first-order valence-electron chi connectivity index (χ1n) is 8.49. The number of rotatable bonds is 6. The number of nitrogens with zero attached hydrogens (tertiary/aromatic N) is 1. The number of alkyl halides is 3. The van der Waals surface area contributed by atoms with Crippen molar-refractivity contribution in [2.75, 3.05) is 0 Å². The van der Waals surface area contributed by atoms with E-state index in [4.69, 9.17) is 11.1 Å². The molecule has 0 aromatic carbocycles. The zero-order valence-electron chi connectivity index (χ0n) is 14.9. The van der Waals surface area contributed by atoms with Crippen LogP contribution in [-0.2, 0) is 0 Å². The summed E-state index contributed by atoms with van der Waals surface area (Å²) < 4.78 is 37.6. The Kier molecular flexibility index (Phi) is 7.19. The van der Waals surface area contributed by atoms with Crippen molar-refractivity contribution < 1.29 is 13.2 Å². The fraction of sp³-hybridized carbons (Fsp3) is 0.300. The standard InChI is InChI=1S/C20H20F3N3S/c1-2-3-4-5-6-7-15-8-9-18(27-15)14-10-11-26-17(12-14)16(24)13-19(25)20(21,22)23/h8-13,24H,2-5,25H2,1H3. The molecule has 0 radical (unpaired) electrons. The van der Waals surface area contributed by atoms with Crippen molar-refractivity contribution in [1.29, 1.82) is 5.41 Å². The molecule has 0 aliphatic carbocycles. The van der Waals surface area contributed by atoms with E-state index >= 15 is 0 Å². The molecule has 0 saturated carbocycles. The zero-order valence-corrected chi connectivity index (χ0v) is 15.7. The smallest absolute Gasteiger partial charge is 0.395 e. The zero-order chi connectivity index (χ0) is 19.9. The van der Waals surface area contributed by atoms with Gasteiger partial charge in [0.15, 0.2) is 0 Å². The van der Waals surface area contributed by atoms with Gasteiger partial charge in [-0.15, -0.1) is 11.3 Å². The number of nitrogens with one attached hydrogen (secondary N) is 1. The number of hydrogen-bond acceptors (Lipinski definition) is 4. The van der Waals surface area contributed by atoms with Crippen LogP contribution >= 0.6 is 11.3 Å². The molecule has 2 aromatic rings. The number of nitrogens with two attached hydrogens (primary N) is 1. The highest BCUT2D eigenvalue weighted by atomic mass is 32.1. The quantitative estimate of drug-likeness (QED) is 0.387. The minimum absolute atomic E-state index is 0.125. The molecule has 0 aliphatic heterocycles. The SMILES string of the molecule is CCCCCC#Cc1ccc(-c2ccnc(C(=N)C=C(N)C(F)(F)F)c2)s1. The van der Waals surface area contributed by atoms with Crippen LogP contribution in [0, 0.1) is 17.3 Å². The monoisotopic (exact) mass is 391 g/mol. The van der Waals surface area contributed by atoms with Gasteiger partial charge >= 0.3 is 6.18 Å². The first kappa shape index (κ1) is 20.7. The lowest BCUT2D eigenvalue weighted by molar-refractivity contribution is -0.0925. The van der Waals surface area contributed by atoms with Gasteiger partial charge < -0.3 is 5.73 Å². The second-order valence-corrected chi connectivity index (χ2v) is 6.95. The largest absolute Gasteiger partial charge is 0.430 e. The third-order valence-electron chi connectivity index (χ3n) is 3.67. The Labute approximate surface area is 160 Å². The van der Waals surface area contributed by atoms with E-state index in [-0.39, 0.29) is 11.4 Å². The van der Waals surface area contributed by atoms with Crippen LogP contribution in [0.15, 0.2) is 42.2 Å². The summed E-state index contributed by atoms with van der Waals surface area (Å²) in [4.78, 5) is 5.81. The number of halogens is 3. The van der Waals surface area contributed by atoms with Gasteiger partial charge in [-0.3, -0.25) is 10.4 Å². The molecule has 0 saturated heterocycles. The molecular formula is C20H20F3N3S. The highest BCUT2D eigenvalue weighted by Gasteiger charge is 2.31. The fourth-order valence-corrected chi connectivity index (χ4v) is 3.09.